The fraction of sp³-hybridized carbons (Fsp3) is 0.500. The number of nitrogens with two attached hydrogens (primary N) is 1. The number of nitrogens with zero attached hydrogens (tertiary/aromatic N) is 2. The van der Waals surface area contributed by atoms with Crippen LogP contribution in [0, 0.1) is 0 Å². The molecule has 2 aromatic rings. The molecule has 5 heteroatoms. The first-order valence-electron chi connectivity index (χ1n) is 7.62. The molecule has 2 bridgehead atoms. The molecule has 0 spiro atoms. The lowest BCUT2D eigenvalue weighted by Crippen LogP contribution is -2.15. The molecule has 1 aromatic carbocycles. The second-order valence-electron chi connectivity index (χ2n) is 5.91. The molecule has 4 rings (SSSR count). The fourth-order valence-corrected chi connectivity index (χ4v) is 3.39. The summed E-state index contributed by atoms with van der Waals surface area (Å²) in [6, 6.07) is 8.15. The molecule has 2 saturated heterocycles. The Bertz CT molecular complexity index is 623. The van der Waals surface area contributed by atoms with Gasteiger partial charge in [0.25, 0.3) is 5.89 Å². The lowest BCUT2D eigenvalue weighted by Gasteiger charge is -2.13. The Morgan fingerprint density at radius 1 is 1.19 bits per heavy atom. The van der Waals surface area contributed by atoms with Crippen LogP contribution in [-0.2, 0) is 11.2 Å². The molecular formula is C16H19N3O2. The summed E-state index contributed by atoms with van der Waals surface area (Å²) in [7, 11) is 0. The maximum atomic E-state index is 5.86. The van der Waals surface area contributed by atoms with Gasteiger partial charge in [-0.25, -0.2) is 0 Å². The van der Waals surface area contributed by atoms with Crippen molar-refractivity contribution < 1.29 is 9.26 Å². The molecule has 2 aliphatic rings. The SMILES string of the molecule is NCCc1ccc(-c2nc(C3CC4CCC3O4)no2)cc1. The Morgan fingerprint density at radius 2 is 2.05 bits per heavy atom. The van der Waals surface area contributed by atoms with Gasteiger partial charge in [-0.1, -0.05) is 17.3 Å². The molecule has 5 nitrogen and oxygen atoms in total. The monoisotopic (exact) mass is 285 g/mol. The first kappa shape index (κ1) is 13.0. The van der Waals surface area contributed by atoms with Crippen LogP contribution >= 0.6 is 0 Å². The highest BCUT2D eigenvalue weighted by atomic mass is 16.5. The van der Waals surface area contributed by atoms with Crippen LogP contribution in [0.1, 0.15) is 36.6 Å². The Kier molecular flexibility index (Phi) is 3.24. The van der Waals surface area contributed by atoms with E-state index >= 15 is 0 Å². The normalized spacial score (nSPS) is 27.4. The molecule has 0 radical (unpaired) electrons. The number of hydrogen-bond donors (Lipinski definition) is 1. The third kappa shape index (κ3) is 2.36. The van der Waals surface area contributed by atoms with Gasteiger partial charge in [-0.15, -0.1) is 0 Å². The van der Waals surface area contributed by atoms with Crippen molar-refractivity contribution in [2.24, 2.45) is 5.73 Å². The van der Waals surface area contributed by atoms with E-state index in [1.54, 1.807) is 0 Å². The van der Waals surface area contributed by atoms with Crippen LogP contribution in [0.5, 0.6) is 0 Å². The Morgan fingerprint density at radius 3 is 2.71 bits per heavy atom. The van der Waals surface area contributed by atoms with E-state index in [-0.39, 0.29) is 6.10 Å². The van der Waals surface area contributed by atoms with Crippen LogP contribution < -0.4 is 5.73 Å². The summed E-state index contributed by atoms with van der Waals surface area (Å²) in [5.41, 5.74) is 7.74. The standard InChI is InChI=1S/C16H19N3O2/c17-8-7-10-1-3-11(4-2-10)16-18-15(19-21-16)13-9-12-5-6-14(13)20-12/h1-4,12-14H,5-9,17H2. The van der Waals surface area contributed by atoms with Crippen molar-refractivity contribution >= 4 is 0 Å². The number of aromatic nitrogens is 2. The molecule has 3 unspecified atom stereocenters. The predicted molar refractivity (Wildman–Crippen MR) is 77.7 cm³/mol. The molecule has 0 saturated carbocycles. The number of rotatable bonds is 4. The van der Waals surface area contributed by atoms with E-state index in [4.69, 9.17) is 15.0 Å². The largest absolute Gasteiger partial charge is 0.374 e. The Balaban J connectivity index is 1.54. The Hall–Kier alpha value is -1.72. The van der Waals surface area contributed by atoms with E-state index in [2.05, 4.69) is 22.3 Å². The summed E-state index contributed by atoms with van der Waals surface area (Å²) in [4.78, 5) is 4.57. The highest BCUT2D eigenvalue weighted by molar-refractivity contribution is 5.53. The third-order valence-electron chi connectivity index (χ3n) is 4.51. The molecule has 0 amide bonds. The summed E-state index contributed by atoms with van der Waals surface area (Å²) in [6.07, 6.45) is 4.89. The minimum Gasteiger partial charge on any atom is -0.374 e. The van der Waals surface area contributed by atoms with Crippen LogP contribution in [0.3, 0.4) is 0 Å². The average molecular weight is 285 g/mol. The molecule has 3 atom stereocenters. The van der Waals surface area contributed by atoms with Crippen LogP contribution in [0.4, 0.5) is 0 Å². The van der Waals surface area contributed by atoms with E-state index in [9.17, 15) is 0 Å². The second kappa shape index (κ2) is 5.24. The minimum absolute atomic E-state index is 0.285. The van der Waals surface area contributed by atoms with Crippen LogP contribution in [-0.4, -0.2) is 28.9 Å². The number of fused-ring (bicyclic) bond motifs is 2. The smallest absolute Gasteiger partial charge is 0.257 e. The lowest BCUT2D eigenvalue weighted by molar-refractivity contribution is 0.0996. The van der Waals surface area contributed by atoms with E-state index in [1.165, 1.54) is 12.0 Å². The maximum absolute atomic E-state index is 5.86. The molecule has 110 valence electrons. The first-order chi connectivity index (χ1) is 10.3. The summed E-state index contributed by atoms with van der Waals surface area (Å²) in [5, 5.41) is 4.17. The van der Waals surface area contributed by atoms with Gasteiger partial charge in [0, 0.05) is 5.56 Å². The number of hydrogen-bond acceptors (Lipinski definition) is 5. The van der Waals surface area contributed by atoms with Gasteiger partial charge in [0.05, 0.1) is 18.1 Å². The molecular weight excluding hydrogens is 266 g/mol. The third-order valence-corrected chi connectivity index (χ3v) is 4.51. The van der Waals surface area contributed by atoms with Crippen molar-refractivity contribution in [3.8, 4) is 11.5 Å². The van der Waals surface area contributed by atoms with E-state index in [0.29, 0.717) is 24.5 Å². The van der Waals surface area contributed by atoms with Crippen molar-refractivity contribution in [1.82, 2.24) is 10.1 Å². The van der Waals surface area contributed by atoms with Gasteiger partial charge < -0.3 is 15.0 Å². The first-order valence-corrected chi connectivity index (χ1v) is 7.62. The fourth-order valence-electron chi connectivity index (χ4n) is 3.39. The zero-order valence-electron chi connectivity index (χ0n) is 11.9. The number of ether oxygens (including phenoxy) is 1. The zero-order chi connectivity index (χ0) is 14.2. The van der Waals surface area contributed by atoms with Gasteiger partial charge in [-0.05, 0) is 49.9 Å². The molecule has 2 fully saturated rings. The summed E-state index contributed by atoms with van der Waals surface area (Å²) in [5.74, 6) is 1.69. The van der Waals surface area contributed by atoms with Gasteiger partial charge in [0.2, 0.25) is 0 Å². The molecule has 1 aromatic heterocycles. The van der Waals surface area contributed by atoms with Crippen molar-refractivity contribution in [3.63, 3.8) is 0 Å². The van der Waals surface area contributed by atoms with Crippen LogP contribution in [0.2, 0.25) is 0 Å². The van der Waals surface area contributed by atoms with Gasteiger partial charge in [0.15, 0.2) is 5.82 Å². The molecule has 0 aliphatic carbocycles. The predicted octanol–water partition coefficient (Wildman–Crippen LogP) is 2.27. The summed E-state index contributed by atoms with van der Waals surface area (Å²) < 4.78 is 11.3. The summed E-state index contributed by atoms with van der Waals surface area (Å²) >= 11 is 0. The Labute approximate surface area is 123 Å². The molecule has 2 aliphatic heterocycles. The van der Waals surface area contributed by atoms with E-state index < -0.39 is 0 Å². The molecule has 21 heavy (non-hydrogen) atoms. The zero-order valence-corrected chi connectivity index (χ0v) is 11.9. The highest BCUT2D eigenvalue weighted by Gasteiger charge is 2.43. The van der Waals surface area contributed by atoms with Crippen LogP contribution in [0.25, 0.3) is 11.5 Å². The van der Waals surface area contributed by atoms with Gasteiger partial charge in [-0.3, -0.25) is 0 Å². The molecule has 3 heterocycles. The van der Waals surface area contributed by atoms with E-state index in [0.717, 1.165) is 30.7 Å². The van der Waals surface area contributed by atoms with Gasteiger partial charge >= 0.3 is 0 Å². The van der Waals surface area contributed by atoms with Crippen molar-refractivity contribution in [1.29, 1.82) is 0 Å². The summed E-state index contributed by atoms with van der Waals surface area (Å²) in [6.45, 7) is 0.661. The number of benzene rings is 1. The van der Waals surface area contributed by atoms with Crippen molar-refractivity contribution in [2.45, 2.75) is 43.8 Å². The maximum Gasteiger partial charge on any atom is 0.257 e. The highest BCUT2D eigenvalue weighted by Crippen LogP contribution is 2.43. The average Bonchev–Trinajstić information content (AvgIpc) is 3.24. The van der Waals surface area contributed by atoms with Gasteiger partial charge in [0.1, 0.15) is 0 Å². The lowest BCUT2D eigenvalue weighted by atomic mass is 9.89. The second-order valence-corrected chi connectivity index (χ2v) is 5.91. The van der Waals surface area contributed by atoms with Gasteiger partial charge in [-0.2, -0.15) is 4.98 Å². The van der Waals surface area contributed by atoms with Crippen molar-refractivity contribution in [2.75, 3.05) is 6.54 Å². The topological polar surface area (TPSA) is 74.2 Å². The minimum atomic E-state index is 0.285. The van der Waals surface area contributed by atoms with E-state index in [1.807, 2.05) is 12.1 Å². The van der Waals surface area contributed by atoms with Crippen LogP contribution in [0.15, 0.2) is 28.8 Å². The molecule has 2 N–H and O–H groups in total. The quantitative estimate of drug-likeness (QED) is 0.932. The van der Waals surface area contributed by atoms with Crippen molar-refractivity contribution in [3.05, 3.63) is 35.7 Å².